The number of amides is 2. The molecule has 44 heavy (non-hydrogen) atoms. The number of ether oxygens (including phenoxy) is 2. The van der Waals surface area contributed by atoms with Gasteiger partial charge in [0.1, 0.15) is 5.69 Å². The number of carbonyl (C=O) groups is 2. The first-order chi connectivity index (χ1) is 21.3. The molecule has 2 aliphatic heterocycles. The molecule has 4 N–H and O–H groups in total. The van der Waals surface area contributed by atoms with E-state index in [0.717, 1.165) is 46.7 Å². The molecule has 6 rings (SSSR count). The third kappa shape index (κ3) is 7.24. The molecule has 4 aromatic rings. The lowest BCUT2D eigenvalue weighted by Crippen LogP contribution is -2.42. The number of aliphatic hydroxyl groups excluding tert-OH is 1. The number of benzene rings is 3. The minimum Gasteiger partial charge on any atom is -0.393 e. The highest BCUT2D eigenvalue weighted by molar-refractivity contribution is 14.1. The summed E-state index contributed by atoms with van der Waals surface area (Å²) < 4.78 is 13.9. The molecule has 0 saturated carbocycles. The number of nitrogens with one attached hydrogen (secondary N) is 3. The maximum atomic E-state index is 13.0. The van der Waals surface area contributed by atoms with Crippen LogP contribution in [-0.4, -0.2) is 53.3 Å². The Kier molecular flexibility index (Phi) is 9.17. The van der Waals surface area contributed by atoms with Crippen molar-refractivity contribution in [2.24, 2.45) is 0 Å². The molecule has 10 nitrogen and oxygen atoms in total. The Morgan fingerprint density at radius 1 is 0.795 bits per heavy atom. The largest absolute Gasteiger partial charge is 0.393 e. The van der Waals surface area contributed by atoms with E-state index < -0.39 is 0 Å². The van der Waals surface area contributed by atoms with Crippen LogP contribution in [0, 0.1) is 3.70 Å². The minimum absolute atomic E-state index is 0.176. The van der Waals surface area contributed by atoms with Crippen molar-refractivity contribution in [1.82, 2.24) is 4.57 Å². The fourth-order valence-corrected chi connectivity index (χ4v) is 5.92. The Morgan fingerprint density at radius 3 is 1.91 bits per heavy atom. The monoisotopic (exact) mass is 707 g/mol. The average Bonchev–Trinajstić information content (AvgIpc) is 3.38. The molecule has 0 aliphatic carbocycles. The fraction of sp³-hybridized carbons (Fsp3) is 0.273. The number of hydrogen-bond acceptors (Lipinski definition) is 7. The lowest BCUT2D eigenvalue weighted by atomic mass is 10.1. The second kappa shape index (κ2) is 13.4. The van der Waals surface area contributed by atoms with Crippen molar-refractivity contribution >= 4 is 62.8 Å². The molecule has 3 aromatic carbocycles. The van der Waals surface area contributed by atoms with Crippen LogP contribution >= 0.6 is 22.6 Å². The van der Waals surface area contributed by atoms with Gasteiger partial charge in [-0.25, -0.2) is 0 Å². The number of anilines is 5. The van der Waals surface area contributed by atoms with Crippen LogP contribution in [-0.2, 0) is 16.0 Å². The van der Waals surface area contributed by atoms with E-state index >= 15 is 0 Å². The molecular formula is C33H34IN5O5. The lowest BCUT2D eigenvalue weighted by molar-refractivity contribution is -0.379. The highest BCUT2D eigenvalue weighted by Crippen LogP contribution is 2.25. The van der Waals surface area contributed by atoms with E-state index in [0.29, 0.717) is 29.2 Å². The van der Waals surface area contributed by atoms with Gasteiger partial charge >= 0.3 is 0 Å². The van der Waals surface area contributed by atoms with Gasteiger partial charge in [-0.1, -0.05) is 0 Å². The van der Waals surface area contributed by atoms with Gasteiger partial charge in [0.25, 0.3) is 11.8 Å². The number of nitrogens with zero attached hydrogens (tertiary/aromatic N) is 2. The van der Waals surface area contributed by atoms with E-state index in [1.54, 1.807) is 6.07 Å². The van der Waals surface area contributed by atoms with Crippen molar-refractivity contribution in [2.45, 2.75) is 45.0 Å². The van der Waals surface area contributed by atoms with Crippen LogP contribution in [0.15, 0.2) is 84.9 Å². The first-order valence-electron chi connectivity index (χ1n) is 14.6. The summed E-state index contributed by atoms with van der Waals surface area (Å²) in [6.07, 6.45) is 0.740. The van der Waals surface area contributed by atoms with Crippen molar-refractivity contribution in [3.8, 4) is 0 Å². The van der Waals surface area contributed by atoms with Crippen LogP contribution in [0.1, 0.15) is 40.6 Å². The van der Waals surface area contributed by atoms with Gasteiger partial charge in [0.2, 0.25) is 0 Å². The summed E-state index contributed by atoms with van der Waals surface area (Å²) in [5.41, 5.74) is 5.26. The molecule has 1 aromatic heterocycles. The zero-order valence-corrected chi connectivity index (χ0v) is 26.4. The molecule has 0 spiro atoms. The third-order valence-corrected chi connectivity index (χ3v) is 8.65. The number of carbonyl (C=O) groups excluding carboxylic acids is 2. The van der Waals surface area contributed by atoms with Gasteiger partial charge in [-0.15, -0.1) is 0 Å². The number of aromatic nitrogens is 1. The van der Waals surface area contributed by atoms with E-state index in [4.69, 9.17) is 9.47 Å². The van der Waals surface area contributed by atoms with Crippen molar-refractivity contribution in [3.05, 3.63) is 99.9 Å². The van der Waals surface area contributed by atoms with Gasteiger partial charge in [0.15, 0.2) is 12.6 Å². The molecule has 0 atom stereocenters. The Labute approximate surface area is 269 Å². The summed E-state index contributed by atoms with van der Waals surface area (Å²) in [5, 5.41) is 19.0. The summed E-state index contributed by atoms with van der Waals surface area (Å²) in [7, 11) is 0. The van der Waals surface area contributed by atoms with Gasteiger partial charge < -0.3 is 40.0 Å². The first kappa shape index (κ1) is 30.1. The Balaban J connectivity index is 0.999. The van der Waals surface area contributed by atoms with Crippen LogP contribution in [0.4, 0.5) is 28.4 Å². The normalized spacial score (nSPS) is 18.4. The SMILES string of the molecule is CC1OC(Cn2c(I)ccc2C(=O)Nc2ccc(Nc3ccc(NC(=O)c4ccc(N5CCC(O)CC5)cc4)cc3)cc2)O1. The zero-order chi connectivity index (χ0) is 30.6. The highest BCUT2D eigenvalue weighted by atomic mass is 127. The molecule has 2 saturated heterocycles. The van der Waals surface area contributed by atoms with Crippen LogP contribution in [0.3, 0.4) is 0 Å². The van der Waals surface area contributed by atoms with Gasteiger partial charge in [-0.05, 0) is 127 Å². The molecule has 0 bridgehead atoms. The molecule has 11 heteroatoms. The third-order valence-electron chi connectivity index (χ3n) is 7.71. The van der Waals surface area contributed by atoms with Crippen molar-refractivity contribution in [3.63, 3.8) is 0 Å². The van der Waals surface area contributed by atoms with E-state index in [1.165, 1.54) is 0 Å². The topological polar surface area (TPSA) is 117 Å². The van der Waals surface area contributed by atoms with Crippen LogP contribution in [0.25, 0.3) is 0 Å². The van der Waals surface area contributed by atoms with Gasteiger partial charge in [0.05, 0.1) is 16.3 Å². The van der Waals surface area contributed by atoms with E-state index in [2.05, 4.69) is 43.4 Å². The van der Waals surface area contributed by atoms with Crippen molar-refractivity contribution in [1.29, 1.82) is 0 Å². The summed E-state index contributed by atoms with van der Waals surface area (Å²) in [6, 6.07) is 26.2. The Bertz CT molecular complexity index is 1590. The van der Waals surface area contributed by atoms with Crippen LogP contribution < -0.4 is 20.9 Å². The predicted octanol–water partition coefficient (Wildman–Crippen LogP) is 6.02. The molecular weight excluding hydrogens is 673 g/mol. The molecule has 0 radical (unpaired) electrons. The molecule has 0 unspecified atom stereocenters. The molecule has 2 amide bonds. The smallest absolute Gasteiger partial charge is 0.272 e. The number of rotatable bonds is 9. The Morgan fingerprint density at radius 2 is 1.34 bits per heavy atom. The zero-order valence-electron chi connectivity index (χ0n) is 24.2. The van der Waals surface area contributed by atoms with Crippen molar-refractivity contribution in [2.75, 3.05) is 33.9 Å². The minimum atomic E-state index is -0.354. The number of halogens is 1. The lowest BCUT2D eigenvalue weighted by Gasteiger charge is -2.34. The summed E-state index contributed by atoms with van der Waals surface area (Å²) in [4.78, 5) is 28.0. The fourth-order valence-electron chi connectivity index (χ4n) is 5.29. The van der Waals surface area contributed by atoms with E-state index in [-0.39, 0.29) is 30.5 Å². The van der Waals surface area contributed by atoms with Gasteiger partial charge in [-0.2, -0.15) is 0 Å². The molecule has 2 aliphatic rings. The first-order valence-corrected chi connectivity index (χ1v) is 15.7. The summed E-state index contributed by atoms with van der Waals surface area (Å²) in [5.74, 6) is -0.387. The van der Waals surface area contributed by atoms with Crippen LogP contribution in [0.2, 0.25) is 0 Å². The molecule has 3 heterocycles. The van der Waals surface area contributed by atoms with Crippen LogP contribution in [0.5, 0.6) is 0 Å². The number of aliphatic hydroxyl groups is 1. The maximum Gasteiger partial charge on any atom is 0.272 e. The molecule has 2 fully saturated rings. The molecule has 228 valence electrons. The number of hydrogen-bond donors (Lipinski definition) is 4. The second-order valence-corrected chi connectivity index (χ2v) is 12.0. The van der Waals surface area contributed by atoms with E-state index in [9.17, 15) is 14.7 Å². The highest BCUT2D eigenvalue weighted by Gasteiger charge is 2.29. The van der Waals surface area contributed by atoms with E-state index in [1.807, 2.05) is 90.4 Å². The average molecular weight is 708 g/mol. The summed E-state index contributed by atoms with van der Waals surface area (Å²) in [6.45, 7) is 3.91. The quantitative estimate of drug-likeness (QED) is 0.157. The van der Waals surface area contributed by atoms with Crippen molar-refractivity contribution < 1.29 is 24.2 Å². The second-order valence-electron chi connectivity index (χ2n) is 10.9. The number of piperidine rings is 1. The Hall–Kier alpha value is -3.91. The predicted molar refractivity (Wildman–Crippen MR) is 179 cm³/mol. The van der Waals surface area contributed by atoms with Gasteiger partial charge in [0, 0.05) is 47.1 Å². The summed E-state index contributed by atoms with van der Waals surface area (Å²) >= 11 is 2.19. The van der Waals surface area contributed by atoms with Gasteiger partial charge in [-0.3, -0.25) is 9.59 Å². The maximum absolute atomic E-state index is 13.0. The standard InChI is InChI=1S/C33H34IN5O5/c1-21-43-31(44-21)20-39-29(14-15-30(39)34)33(42)37-26-10-6-24(7-11-26)35-23-4-8-25(9-5-23)36-32(41)22-2-12-27(13-3-22)38-18-16-28(40)17-19-38/h2-15,21,28,31,35,40H,16-20H2,1H3,(H,36,41)(H,37,42).